The van der Waals surface area contributed by atoms with Crippen molar-refractivity contribution >= 4 is 98.7 Å². The van der Waals surface area contributed by atoms with Crippen LogP contribution in [0.2, 0.25) is 0 Å². The molecule has 0 amide bonds. The molecular weight excluding hydrogens is 817 g/mol. The SMILES string of the molecule is CC1CC(C(=O)c2ccc(-n3c4ccccc4c4cc(-n5c6ccccc6c6ccccc65)ccc43)cc2)=CC=C1n1c2ccccc2c2cc(-n3c4ccccc4c4ccccc43)ccc21. The van der Waals surface area contributed by atoms with Crippen molar-refractivity contribution in [3.8, 4) is 17.1 Å². The van der Waals surface area contributed by atoms with Crippen molar-refractivity contribution < 1.29 is 4.79 Å². The highest BCUT2D eigenvalue weighted by molar-refractivity contribution is 6.15. The normalized spacial score (nSPS) is 14.4. The van der Waals surface area contributed by atoms with Crippen LogP contribution in [0.5, 0.6) is 0 Å². The molecule has 316 valence electrons. The molecule has 13 aromatic rings. The molecule has 1 unspecified atom stereocenters. The minimum Gasteiger partial charge on any atom is -0.313 e. The quantitative estimate of drug-likeness (QED) is 0.154. The molecule has 5 nitrogen and oxygen atoms in total. The van der Waals surface area contributed by atoms with Gasteiger partial charge in [0.05, 0.1) is 44.1 Å². The minimum atomic E-state index is 0.0739. The Balaban J connectivity index is 0.811. The highest BCUT2D eigenvalue weighted by Crippen LogP contribution is 2.41. The summed E-state index contributed by atoms with van der Waals surface area (Å²) in [6.45, 7) is 2.25. The number of nitrogens with zero attached hydrogens (tertiary/aromatic N) is 4. The topological polar surface area (TPSA) is 36.8 Å². The van der Waals surface area contributed by atoms with E-state index >= 15 is 0 Å². The van der Waals surface area contributed by atoms with Gasteiger partial charge in [0, 0.05) is 82.9 Å². The molecule has 4 aromatic heterocycles. The van der Waals surface area contributed by atoms with Crippen LogP contribution in [0.3, 0.4) is 0 Å². The standard InChI is InChI=1S/C62H42N4O/c1-39-36-41(28-33-53(39)66-59-25-13-7-19-50(59)52-38-44(32-35-61(52)66)65-56-22-10-4-16-47(56)48-17-5-11-23-57(48)65)62(67)40-26-29-42(30-27-40)63-58-24-12-6-18-49(58)51-37-43(31-34-60(51)63)64-54-20-8-2-14-45(54)46-15-3-9-21-55(46)64/h2-35,37-39H,36H2,1H3. The van der Waals surface area contributed by atoms with Crippen LogP contribution in [0, 0.1) is 5.92 Å². The third kappa shape index (κ3) is 5.52. The summed E-state index contributed by atoms with van der Waals surface area (Å²) >= 11 is 0. The first kappa shape index (κ1) is 37.7. The van der Waals surface area contributed by atoms with E-state index in [0.717, 1.165) is 39.2 Å². The zero-order valence-corrected chi connectivity index (χ0v) is 36.8. The number of Topliss-reactive ketones (excluding diaryl/α,β-unsaturated/α-hetero) is 1. The van der Waals surface area contributed by atoms with E-state index in [2.05, 4.69) is 231 Å². The first-order valence-electron chi connectivity index (χ1n) is 23.2. The van der Waals surface area contributed by atoms with Gasteiger partial charge in [0.2, 0.25) is 0 Å². The molecular formula is C62H42N4O. The lowest BCUT2D eigenvalue weighted by atomic mass is 9.88. The van der Waals surface area contributed by atoms with Crippen molar-refractivity contribution in [3.63, 3.8) is 0 Å². The van der Waals surface area contributed by atoms with E-state index in [1.807, 2.05) is 12.1 Å². The number of para-hydroxylation sites is 6. The number of rotatable bonds is 6. The summed E-state index contributed by atoms with van der Waals surface area (Å²) in [6.07, 6.45) is 4.88. The molecule has 0 N–H and O–H groups in total. The number of aromatic nitrogens is 4. The van der Waals surface area contributed by atoms with Crippen LogP contribution in [0.1, 0.15) is 23.7 Å². The van der Waals surface area contributed by atoms with Gasteiger partial charge in [-0.25, -0.2) is 0 Å². The van der Waals surface area contributed by atoms with Crippen LogP contribution in [0.15, 0.2) is 224 Å². The minimum absolute atomic E-state index is 0.0739. The molecule has 0 fully saturated rings. The molecule has 14 rings (SSSR count). The zero-order valence-electron chi connectivity index (χ0n) is 36.8. The number of carbonyl (C=O) groups excluding carboxylic acids is 1. The van der Waals surface area contributed by atoms with Crippen molar-refractivity contribution in [1.29, 1.82) is 0 Å². The van der Waals surface area contributed by atoms with Gasteiger partial charge in [-0.2, -0.15) is 0 Å². The van der Waals surface area contributed by atoms with E-state index in [0.29, 0.717) is 12.0 Å². The van der Waals surface area contributed by atoms with Crippen molar-refractivity contribution in [2.75, 3.05) is 0 Å². The van der Waals surface area contributed by atoms with Gasteiger partial charge in [0.15, 0.2) is 5.78 Å². The van der Waals surface area contributed by atoms with Crippen molar-refractivity contribution in [3.05, 3.63) is 230 Å². The Labute approximate surface area is 385 Å². The van der Waals surface area contributed by atoms with Gasteiger partial charge in [0.1, 0.15) is 0 Å². The second-order valence-corrected chi connectivity index (χ2v) is 18.1. The molecule has 9 aromatic carbocycles. The number of carbonyl (C=O) groups is 1. The van der Waals surface area contributed by atoms with Gasteiger partial charge in [-0.3, -0.25) is 4.79 Å². The second kappa shape index (κ2) is 14.4. The number of ketones is 1. The summed E-state index contributed by atoms with van der Waals surface area (Å²) in [5, 5.41) is 9.81. The van der Waals surface area contributed by atoms with Crippen LogP contribution in [0.25, 0.3) is 110 Å². The fourth-order valence-corrected chi connectivity index (χ4v) is 11.4. The Morgan fingerprint density at radius 1 is 0.358 bits per heavy atom. The van der Waals surface area contributed by atoms with Crippen molar-refractivity contribution in [1.82, 2.24) is 18.3 Å². The first-order valence-corrected chi connectivity index (χ1v) is 23.2. The first-order chi connectivity index (χ1) is 33.1. The maximum absolute atomic E-state index is 14.3. The van der Waals surface area contributed by atoms with E-state index in [9.17, 15) is 4.79 Å². The smallest absolute Gasteiger partial charge is 0.189 e. The van der Waals surface area contributed by atoms with Crippen molar-refractivity contribution in [2.45, 2.75) is 13.3 Å². The summed E-state index contributed by atoms with van der Waals surface area (Å²) in [4.78, 5) is 14.3. The number of benzene rings is 9. The summed E-state index contributed by atoms with van der Waals surface area (Å²) in [6, 6.07) is 73.8. The summed E-state index contributed by atoms with van der Waals surface area (Å²) in [5.41, 5.74) is 15.4. The Bertz CT molecular complexity index is 4170. The number of allylic oxidation sites excluding steroid dienone is 4. The summed E-state index contributed by atoms with van der Waals surface area (Å²) in [5.74, 6) is 0.189. The molecule has 0 radical (unpaired) electrons. The molecule has 5 heteroatoms. The molecule has 4 heterocycles. The van der Waals surface area contributed by atoms with E-state index in [1.165, 1.54) is 76.4 Å². The molecule has 1 aliphatic carbocycles. The lowest BCUT2D eigenvalue weighted by Crippen LogP contribution is -2.15. The lowest BCUT2D eigenvalue weighted by Gasteiger charge is -2.24. The number of hydrogen-bond donors (Lipinski definition) is 0. The third-order valence-corrected chi connectivity index (χ3v) is 14.4. The van der Waals surface area contributed by atoms with E-state index in [1.54, 1.807) is 0 Å². The number of hydrogen-bond acceptors (Lipinski definition) is 1. The van der Waals surface area contributed by atoms with Crippen LogP contribution < -0.4 is 0 Å². The van der Waals surface area contributed by atoms with Crippen LogP contribution in [-0.2, 0) is 0 Å². The third-order valence-electron chi connectivity index (χ3n) is 14.4. The average Bonchev–Trinajstić information content (AvgIpc) is 4.11. The molecule has 0 saturated heterocycles. The Hall–Kier alpha value is -8.67. The van der Waals surface area contributed by atoms with Crippen LogP contribution in [-0.4, -0.2) is 24.1 Å². The lowest BCUT2D eigenvalue weighted by molar-refractivity contribution is 0.102. The average molecular weight is 859 g/mol. The van der Waals surface area contributed by atoms with Gasteiger partial charge in [0.25, 0.3) is 0 Å². The molecule has 67 heavy (non-hydrogen) atoms. The van der Waals surface area contributed by atoms with Crippen molar-refractivity contribution in [2.24, 2.45) is 5.92 Å². The largest absolute Gasteiger partial charge is 0.313 e. The second-order valence-electron chi connectivity index (χ2n) is 18.1. The summed E-state index contributed by atoms with van der Waals surface area (Å²) < 4.78 is 9.50. The molecule has 0 bridgehead atoms. The Kier molecular flexibility index (Phi) is 8.11. The Morgan fingerprint density at radius 3 is 1.10 bits per heavy atom. The Morgan fingerprint density at radius 2 is 0.687 bits per heavy atom. The molecule has 0 spiro atoms. The van der Waals surface area contributed by atoms with E-state index in [4.69, 9.17) is 0 Å². The predicted molar refractivity (Wildman–Crippen MR) is 279 cm³/mol. The monoisotopic (exact) mass is 858 g/mol. The van der Waals surface area contributed by atoms with Crippen LogP contribution in [0.4, 0.5) is 0 Å². The molecule has 0 aliphatic heterocycles. The van der Waals surface area contributed by atoms with Gasteiger partial charge in [-0.05, 0) is 110 Å². The van der Waals surface area contributed by atoms with E-state index < -0.39 is 0 Å². The van der Waals surface area contributed by atoms with Gasteiger partial charge < -0.3 is 18.3 Å². The van der Waals surface area contributed by atoms with E-state index in [-0.39, 0.29) is 11.7 Å². The highest BCUT2D eigenvalue weighted by atomic mass is 16.1. The molecule has 1 atom stereocenters. The molecule has 0 saturated carbocycles. The fourth-order valence-electron chi connectivity index (χ4n) is 11.4. The zero-order chi connectivity index (χ0) is 44.3. The van der Waals surface area contributed by atoms with Crippen LogP contribution >= 0.6 is 0 Å². The predicted octanol–water partition coefficient (Wildman–Crippen LogP) is 15.8. The van der Waals surface area contributed by atoms with Gasteiger partial charge in [-0.15, -0.1) is 0 Å². The highest BCUT2D eigenvalue weighted by Gasteiger charge is 2.25. The maximum Gasteiger partial charge on any atom is 0.189 e. The fraction of sp³-hybridized carbons (Fsp3) is 0.0484. The number of fused-ring (bicyclic) bond motifs is 12. The summed E-state index contributed by atoms with van der Waals surface area (Å²) in [7, 11) is 0. The van der Waals surface area contributed by atoms with Gasteiger partial charge in [-0.1, -0.05) is 122 Å². The molecule has 1 aliphatic rings. The van der Waals surface area contributed by atoms with Gasteiger partial charge >= 0.3 is 0 Å². The maximum atomic E-state index is 14.3.